The van der Waals surface area contributed by atoms with Crippen LogP contribution in [0.25, 0.3) is 0 Å². The van der Waals surface area contributed by atoms with Crippen molar-refractivity contribution in [2.45, 2.75) is 6.92 Å². The molecule has 0 radical (unpaired) electrons. The average molecular weight is 359 g/mol. The summed E-state index contributed by atoms with van der Waals surface area (Å²) in [6, 6.07) is 6.27. The predicted molar refractivity (Wildman–Crippen MR) is 76.3 cm³/mol. The van der Waals surface area contributed by atoms with Gasteiger partial charge in [0.2, 0.25) is 5.82 Å². The van der Waals surface area contributed by atoms with E-state index in [0.29, 0.717) is 5.56 Å². The highest BCUT2D eigenvalue weighted by Crippen LogP contribution is 2.27. The second-order valence-electron chi connectivity index (χ2n) is 4.88. The van der Waals surface area contributed by atoms with Gasteiger partial charge in [-0.15, -0.1) is 0 Å². The van der Waals surface area contributed by atoms with Crippen LogP contribution in [-0.2, 0) is 9.53 Å². The largest absolute Gasteiger partial charge is 0.452 e. The minimum Gasteiger partial charge on any atom is -0.452 e. The van der Waals surface area contributed by atoms with Gasteiger partial charge in [-0.25, -0.2) is 26.7 Å². The molecule has 0 fully saturated rings. The summed E-state index contributed by atoms with van der Waals surface area (Å²) in [5, 5.41) is 1.50. The molecule has 132 valence electrons. The SMILES string of the molecule is Cc1ccccc1C(=O)OCC(=O)Nc1c(F)c(F)c(F)c(F)c1F. The number of carbonyl (C=O) groups excluding carboxylic acids is 2. The number of amides is 1. The fourth-order valence-corrected chi connectivity index (χ4v) is 1.90. The van der Waals surface area contributed by atoms with Gasteiger partial charge in [0.05, 0.1) is 5.56 Å². The normalized spacial score (nSPS) is 10.5. The topological polar surface area (TPSA) is 55.4 Å². The second-order valence-corrected chi connectivity index (χ2v) is 4.88. The first kappa shape index (κ1) is 18.4. The number of nitrogens with one attached hydrogen (secondary N) is 1. The van der Waals surface area contributed by atoms with Gasteiger partial charge in [-0.3, -0.25) is 4.79 Å². The van der Waals surface area contributed by atoms with Crippen molar-refractivity contribution in [3.63, 3.8) is 0 Å². The summed E-state index contributed by atoms with van der Waals surface area (Å²) >= 11 is 0. The lowest BCUT2D eigenvalue weighted by molar-refractivity contribution is -0.119. The number of anilines is 1. The standard InChI is InChI=1S/C16H10F5NO3/c1-7-4-2-3-5-8(7)16(24)25-6-9(23)22-15-13(20)11(18)10(17)12(19)14(15)21/h2-5H,6H2,1H3,(H,22,23). The van der Waals surface area contributed by atoms with Gasteiger partial charge in [-0.1, -0.05) is 18.2 Å². The van der Waals surface area contributed by atoms with Gasteiger partial charge < -0.3 is 10.1 Å². The minimum absolute atomic E-state index is 0.159. The Morgan fingerprint density at radius 2 is 1.44 bits per heavy atom. The van der Waals surface area contributed by atoms with E-state index in [1.807, 2.05) is 0 Å². The number of ether oxygens (including phenoxy) is 1. The van der Waals surface area contributed by atoms with Gasteiger partial charge in [0.15, 0.2) is 29.9 Å². The molecular formula is C16H10F5NO3. The molecule has 0 atom stereocenters. The predicted octanol–water partition coefficient (Wildman–Crippen LogP) is 3.49. The van der Waals surface area contributed by atoms with E-state index in [9.17, 15) is 31.5 Å². The molecule has 0 aliphatic rings. The molecule has 1 amide bonds. The molecule has 25 heavy (non-hydrogen) atoms. The van der Waals surface area contributed by atoms with Crippen LogP contribution in [0.1, 0.15) is 15.9 Å². The third-order valence-corrected chi connectivity index (χ3v) is 3.17. The average Bonchev–Trinajstić information content (AvgIpc) is 2.60. The first-order chi connectivity index (χ1) is 11.7. The molecule has 9 heteroatoms. The van der Waals surface area contributed by atoms with Crippen molar-refractivity contribution in [1.82, 2.24) is 0 Å². The number of benzene rings is 2. The molecule has 4 nitrogen and oxygen atoms in total. The number of esters is 1. The summed E-state index contributed by atoms with van der Waals surface area (Å²) in [4.78, 5) is 23.4. The zero-order valence-corrected chi connectivity index (χ0v) is 12.6. The number of halogens is 5. The number of hydrogen-bond acceptors (Lipinski definition) is 3. The van der Waals surface area contributed by atoms with Crippen LogP contribution in [0.15, 0.2) is 24.3 Å². The van der Waals surface area contributed by atoms with E-state index < -0.39 is 53.3 Å². The summed E-state index contributed by atoms with van der Waals surface area (Å²) in [7, 11) is 0. The third-order valence-electron chi connectivity index (χ3n) is 3.17. The van der Waals surface area contributed by atoms with Crippen LogP contribution in [0.2, 0.25) is 0 Å². The monoisotopic (exact) mass is 359 g/mol. The lowest BCUT2D eigenvalue weighted by Gasteiger charge is -2.10. The summed E-state index contributed by atoms with van der Waals surface area (Å²) in [6.07, 6.45) is 0. The van der Waals surface area contributed by atoms with E-state index in [2.05, 4.69) is 4.74 Å². The van der Waals surface area contributed by atoms with Crippen molar-refractivity contribution in [2.24, 2.45) is 0 Å². The second kappa shape index (κ2) is 7.29. The Balaban J connectivity index is 2.09. The lowest BCUT2D eigenvalue weighted by Crippen LogP contribution is -2.23. The van der Waals surface area contributed by atoms with E-state index in [-0.39, 0.29) is 5.56 Å². The molecule has 0 aliphatic carbocycles. The minimum atomic E-state index is -2.35. The molecule has 0 saturated heterocycles. The van der Waals surface area contributed by atoms with Gasteiger partial charge in [0.25, 0.3) is 5.91 Å². The van der Waals surface area contributed by atoms with Gasteiger partial charge in [0.1, 0.15) is 5.69 Å². The summed E-state index contributed by atoms with van der Waals surface area (Å²) in [6.45, 7) is 0.637. The molecule has 0 saturated carbocycles. The van der Waals surface area contributed by atoms with E-state index in [4.69, 9.17) is 0 Å². The zero-order valence-electron chi connectivity index (χ0n) is 12.6. The molecule has 2 aromatic carbocycles. The smallest absolute Gasteiger partial charge is 0.338 e. The first-order valence-electron chi connectivity index (χ1n) is 6.78. The van der Waals surface area contributed by atoms with Gasteiger partial charge in [0, 0.05) is 0 Å². The van der Waals surface area contributed by atoms with Crippen molar-refractivity contribution in [3.05, 3.63) is 64.5 Å². The number of aryl methyl sites for hydroxylation is 1. The summed E-state index contributed by atoms with van der Waals surface area (Å²) in [5.41, 5.74) is -0.799. The van der Waals surface area contributed by atoms with Crippen LogP contribution in [0.3, 0.4) is 0 Å². The maximum atomic E-state index is 13.4. The molecule has 0 bridgehead atoms. The van der Waals surface area contributed by atoms with Crippen LogP contribution in [0.4, 0.5) is 27.6 Å². The molecule has 0 aromatic heterocycles. The summed E-state index contributed by atoms with van der Waals surface area (Å²) < 4.78 is 70.5. The van der Waals surface area contributed by atoms with Crippen molar-refractivity contribution < 1.29 is 36.3 Å². The fourth-order valence-electron chi connectivity index (χ4n) is 1.90. The maximum Gasteiger partial charge on any atom is 0.338 e. The van der Waals surface area contributed by atoms with Gasteiger partial charge >= 0.3 is 5.97 Å². The summed E-state index contributed by atoms with van der Waals surface area (Å²) in [5.74, 6) is -13.3. The van der Waals surface area contributed by atoms with Crippen LogP contribution >= 0.6 is 0 Å². The highest BCUT2D eigenvalue weighted by atomic mass is 19.2. The molecule has 0 unspecified atom stereocenters. The maximum absolute atomic E-state index is 13.4. The van der Waals surface area contributed by atoms with E-state index in [1.165, 1.54) is 11.4 Å². The van der Waals surface area contributed by atoms with Crippen LogP contribution in [0.5, 0.6) is 0 Å². The van der Waals surface area contributed by atoms with Crippen molar-refractivity contribution in [3.8, 4) is 0 Å². The highest BCUT2D eigenvalue weighted by molar-refractivity contribution is 5.96. The Morgan fingerprint density at radius 1 is 0.920 bits per heavy atom. The Kier molecular flexibility index (Phi) is 5.35. The Labute approximate surface area is 138 Å². The van der Waals surface area contributed by atoms with Crippen molar-refractivity contribution >= 4 is 17.6 Å². The number of carbonyl (C=O) groups is 2. The lowest BCUT2D eigenvalue weighted by atomic mass is 10.1. The molecule has 0 heterocycles. The van der Waals surface area contributed by atoms with Crippen LogP contribution in [-0.4, -0.2) is 18.5 Å². The molecule has 2 aromatic rings. The molecule has 2 rings (SSSR count). The Morgan fingerprint density at radius 3 is 2.00 bits per heavy atom. The van der Waals surface area contributed by atoms with E-state index in [1.54, 1.807) is 25.1 Å². The molecule has 0 aliphatic heterocycles. The molecule has 1 N–H and O–H groups in total. The first-order valence-corrected chi connectivity index (χ1v) is 6.78. The Bertz CT molecular complexity index is 825. The van der Waals surface area contributed by atoms with Gasteiger partial charge in [-0.05, 0) is 18.6 Å². The fraction of sp³-hybridized carbons (Fsp3) is 0.125. The quantitative estimate of drug-likeness (QED) is 0.394. The van der Waals surface area contributed by atoms with Crippen molar-refractivity contribution in [2.75, 3.05) is 11.9 Å². The van der Waals surface area contributed by atoms with Crippen LogP contribution in [0, 0.1) is 36.0 Å². The van der Waals surface area contributed by atoms with Crippen LogP contribution < -0.4 is 5.32 Å². The van der Waals surface area contributed by atoms with Gasteiger partial charge in [-0.2, -0.15) is 0 Å². The Hall–Kier alpha value is -2.97. The van der Waals surface area contributed by atoms with Crippen molar-refractivity contribution in [1.29, 1.82) is 0 Å². The molecular weight excluding hydrogens is 349 g/mol. The third kappa shape index (κ3) is 3.76. The highest BCUT2D eigenvalue weighted by Gasteiger charge is 2.27. The van der Waals surface area contributed by atoms with E-state index in [0.717, 1.165) is 0 Å². The molecule has 0 spiro atoms. The zero-order chi connectivity index (χ0) is 18.7. The number of rotatable bonds is 4. The number of hydrogen-bond donors (Lipinski definition) is 1. The van der Waals surface area contributed by atoms with E-state index >= 15 is 0 Å².